The smallest absolute Gasteiger partial charge is 0.344 e. The van der Waals surface area contributed by atoms with E-state index in [1.54, 1.807) is 31.4 Å². The van der Waals surface area contributed by atoms with Crippen molar-refractivity contribution in [2.45, 2.75) is 40.0 Å². The molecule has 0 bridgehead atoms. The molecule has 0 amide bonds. The van der Waals surface area contributed by atoms with E-state index in [-0.39, 0.29) is 16.8 Å². The van der Waals surface area contributed by atoms with Crippen LogP contribution in [-0.4, -0.2) is 18.9 Å². The highest BCUT2D eigenvalue weighted by atomic mass is 16.5. The van der Waals surface area contributed by atoms with Crippen LogP contribution in [0.1, 0.15) is 63.7 Å². The zero-order valence-corrected chi connectivity index (χ0v) is 18.9. The lowest BCUT2D eigenvalue weighted by Gasteiger charge is -2.27. The van der Waals surface area contributed by atoms with Gasteiger partial charge in [0.1, 0.15) is 11.5 Å². The second-order valence-corrected chi connectivity index (χ2v) is 8.28. The third-order valence-corrected chi connectivity index (χ3v) is 5.74. The quantitative estimate of drug-likeness (QED) is 0.278. The zero-order chi connectivity index (χ0) is 22.8. The van der Waals surface area contributed by atoms with Crippen LogP contribution in [0.25, 0.3) is 0 Å². The standard InChI is InChI=1S/C27H28O4/c1-17-15-20(11-13-24(17)30-6)27(4,5)21-12-14-25(18(2)16-21)31-26(29)23-10-8-7-9-22(23)19(3)28/h7-16H,1-6H3. The van der Waals surface area contributed by atoms with Crippen molar-refractivity contribution in [3.63, 3.8) is 0 Å². The molecule has 0 spiro atoms. The van der Waals surface area contributed by atoms with E-state index in [9.17, 15) is 9.59 Å². The third-order valence-electron chi connectivity index (χ3n) is 5.74. The molecule has 0 fully saturated rings. The maximum Gasteiger partial charge on any atom is 0.344 e. The fraction of sp³-hybridized carbons (Fsp3) is 0.259. The number of benzene rings is 3. The third kappa shape index (κ3) is 4.53. The van der Waals surface area contributed by atoms with E-state index < -0.39 is 5.97 Å². The van der Waals surface area contributed by atoms with Crippen molar-refractivity contribution in [1.82, 2.24) is 0 Å². The molecule has 0 aromatic heterocycles. The number of carbonyl (C=O) groups excluding carboxylic acids is 2. The average Bonchev–Trinajstić information content (AvgIpc) is 2.74. The fourth-order valence-electron chi connectivity index (χ4n) is 3.71. The van der Waals surface area contributed by atoms with Gasteiger partial charge in [-0.25, -0.2) is 4.79 Å². The van der Waals surface area contributed by atoms with Crippen LogP contribution in [0.5, 0.6) is 11.5 Å². The molecule has 0 atom stereocenters. The molecule has 0 unspecified atom stereocenters. The Bertz CT molecular complexity index is 1140. The summed E-state index contributed by atoms with van der Waals surface area (Å²) in [6.45, 7) is 9.72. The highest BCUT2D eigenvalue weighted by molar-refractivity contribution is 6.05. The van der Waals surface area contributed by atoms with Crippen molar-refractivity contribution in [2.24, 2.45) is 0 Å². The molecule has 3 aromatic rings. The first kappa shape index (κ1) is 22.3. The summed E-state index contributed by atoms with van der Waals surface area (Å²) in [4.78, 5) is 24.5. The molecule has 3 rings (SSSR count). The van der Waals surface area contributed by atoms with Gasteiger partial charge < -0.3 is 9.47 Å². The molecule has 0 N–H and O–H groups in total. The van der Waals surface area contributed by atoms with Crippen LogP contribution in [0.3, 0.4) is 0 Å². The number of Topliss-reactive ketones (excluding diaryl/α,β-unsaturated/α-hetero) is 1. The number of hydrogen-bond acceptors (Lipinski definition) is 4. The first-order valence-corrected chi connectivity index (χ1v) is 10.2. The monoisotopic (exact) mass is 416 g/mol. The molecular weight excluding hydrogens is 388 g/mol. The van der Waals surface area contributed by atoms with Gasteiger partial charge in [0.15, 0.2) is 5.78 Å². The van der Waals surface area contributed by atoms with E-state index in [1.807, 2.05) is 38.1 Å². The Labute approximate surface area is 183 Å². The second-order valence-electron chi connectivity index (χ2n) is 8.28. The van der Waals surface area contributed by atoms with Crippen LogP contribution in [0.2, 0.25) is 0 Å². The topological polar surface area (TPSA) is 52.6 Å². The molecule has 0 saturated heterocycles. The van der Waals surface area contributed by atoms with Crippen molar-refractivity contribution in [3.8, 4) is 11.5 Å². The molecule has 31 heavy (non-hydrogen) atoms. The number of rotatable bonds is 6. The van der Waals surface area contributed by atoms with Gasteiger partial charge in [0.2, 0.25) is 0 Å². The molecule has 3 aromatic carbocycles. The zero-order valence-electron chi connectivity index (χ0n) is 18.9. The number of carbonyl (C=O) groups is 2. The molecule has 160 valence electrons. The summed E-state index contributed by atoms with van der Waals surface area (Å²) < 4.78 is 11.0. The lowest BCUT2D eigenvalue weighted by molar-refractivity contribution is 0.0728. The molecule has 0 aliphatic carbocycles. The minimum atomic E-state index is -0.535. The largest absolute Gasteiger partial charge is 0.496 e. The van der Waals surface area contributed by atoms with Crippen molar-refractivity contribution in [1.29, 1.82) is 0 Å². The molecule has 0 aliphatic rings. The SMILES string of the molecule is COc1ccc(C(C)(C)c2ccc(OC(=O)c3ccccc3C(C)=O)c(C)c2)cc1C. The Morgan fingerprint density at radius 3 is 1.77 bits per heavy atom. The number of ketones is 1. The second kappa shape index (κ2) is 8.76. The van der Waals surface area contributed by atoms with Gasteiger partial charge in [0.25, 0.3) is 0 Å². The van der Waals surface area contributed by atoms with Crippen LogP contribution in [0, 0.1) is 13.8 Å². The normalized spacial score (nSPS) is 11.2. The van der Waals surface area contributed by atoms with E-state index in [1.165, 1.54) is 12.5 Å². The van der Waals surface area contributed by atoms with E-state index in [0.717, 1.165) is 22.4 Å². The van der Waals surface area contributed by atoms with Gasteiger partial charge in [0, 0.05) is 11.0 Å². The van der Waals surface area contributed by atoms with Crippen molar-refractivity contribution in [2.75, 3.05) is 7.11 Å². The highest BCUT2D eigenvalue weighted by Crippen LogP contribution is 2.36. The maximum atomic E-state index is 12.7. The Morgan fingerprint density at radius 2 is 1.29 bits per heavy atom. The summed E-state index contributed by atoms with van der Waals surface area (Å²) in [5.74, 6) is 0.639. The van der Waals surface area contributed by atoms with E-state index in [4.69, 9.17) is 9.47 Å². The van der Waals surface area contributed by atoms with Crippen molar-refractivity contribution >= 4 is 11.8 Å². The summed E-state index contributed by atoms with van der Waals surface area (Å²) in [6, 6.07) is 18.7. The molecule has 0 radical (unpaired) electrons. The van der Waals surface area contributed by atoms with Crippen molar-refractivity contribution < 1.29 is 19.1 Å². The lowest BCUT2D eigenvalue weighted by atomic mass is 9.77. The Hall–Kier alpha value is -3.40. The summed E-state index contributed by atoms with van der Waals surface area (Å²) in [7, 11) is 1.67. The summed E-state index contributed by atoms with van der Waals surface area (Å²) in [5.41, 5.74) is 4.60. The lowest BCUT2D eigenvalue weighted by Crippen LogP contribution is -2.20. The summed E-state index contributed by atoms with van der Waals surface area (Å²) >= 11 is 0. The predicted octanol–water partition coefficient (Wildman–Crippen LogP) is 6.06. The Kier molecular flexibility index (Phi) is 6.30. The molecule has 4 nitrogen and oxygen atoms in total. The first-order chi connectivity index (χ1) is 14.6. The first-order valence-electron chi connectivity index (χ1n) is 10.2. The van der Waals surface area contributed by atoms with Crippen LogP contribution >= 0.6 is 0 Å². The van der Waals surface area contributed by atoms with Crippen LogP contribution < -0.4 is 9.47 Å². The van der Waals surface area contributed by atoms with Crippen molar-refractivity contribution in [3.05, 3.63) is 94.0 Å². The maximum absolute atomic E-state index is 12.7. The van der Waals surface area contributed by atoms with Gasteiger partial charge >= 0.3 is 5.97 Å². The molecule has 0 aliphatic heterocycles. The van der Waals surface area contributed by atoms with Gasteiger partial charge in [-0.15, -0.1) is 0 Å². The number of ether oxygens (including phenoxy) is 2. The number of hydrogen-bond donors (Lipinski definition) is 0. The number of methoxy groups -OCH3 is 1. The van der Waals surface area contributed by atoms with Gasteiger partial charge in [-0.1, -0.05) is 56.3 Å². The van der Waals surface area contributed by atoms with Gasteiger partial charge in [-0.05, 0) is 61.2 Å². The fourth-order valence-corrected chi connectivity index (χ4v) is 3.71. The van der Waals surface area contributed by atoms with Gasteiger partial charge in [-0.3, -0.25) is 4.79 Å². The van der Waals surface area contributed by atoms with Crippen LogP contribution in [-0.2, 0) is 5.41 Å². The average molecular weight is 417 g/mol. The molecular formula is C27H28O4. The molecule has 0 heterocycles. The Morgan fingerprint density at radius 1 is 0.774 bits per heavy atom. The van der Waals surface area contributed by atoms with Crippen LogP contribution in [0.15, 0.2) is 60.7 Å². The minimum Gasteiger partial charge on any atom is -0.496 e. The van der Waals surface area contributed by atoms with Gasteiger partial charge in [0.05, 0.1) is 12.7 Å². The minimum absolute atomic E-state index is 0.170. The van der Waals surface area contributed by atoms with E-state index in [2.05, 4.69) is 26.0 Å². The van der Waals surface area contributed by atoms with E-state index >= 15 is 0 Å². The summed E-state index contributed by atoms with van der Waals surface area (Å²) in [5, 5.41) is 0. The van der Waals surface area contributed by atoms with Crippen LogP contribution in [0.4, 0.5) is 0 Å². The molecule has 4 heteroatoms. The molecule has 0 saturated carbocycles. The predicted molar refractivity (Wildman–Crippen MR) is 122 cm³/mol. The summed E-state index contributed by atoms with van der Waals surface area (Å²) in [6.07, 6.45) is 0. The Balaban J connectivity index is 1.89. The van der Waals surface area contributed by atoms with E-state index in [0.29, 0.717) is 11.3 Å². The number of esters is 1. The highest BCUT2D eigenvalue weighted by Gasteiger charge is 2.25. The van der Waals surface area contributed by atoms with Gasteiger partial charge in [-0.2, -0.15) is 0 Å². The number of aryl methyl sites for hydroxylation is 2.